The monoisotopic (exact) mass is 452 g/mol. The predicted molar refractivity (Wildman–Crippen MR) is 123 cm³/mol. The van der Waals surface area contributed by atoms with Gasteiger partial charge in [-0.25, -0.2) is 12.8 Å². The van der Waals surface area contributed by atoms with Crippen LogP contribution >= 0.6 is 0 Å². The van der Waals surface area contributed by atoms with Gasteiger partial charge in [-0.15, -0.1) is 0 Å². The van der Waals surface area contributed by atoms with Crippen LogP contribution in [-0.2, 0) is 23.0 Å². The van der Waals surface area contributed by atoms with Crippen LogP contribution in [0.3, 0.4) is 0 Å². The van der Waals surface area contributed by atoms with Crippen molar-refractivity contribution in [2.75, 3.05) is 10.6 Å². The van der Waals surface area contributed by atoms with Gasteiger partial charge in [-0.3, -0.25) is 9.10 Å². The number of nitrogens with one attached hydrogen (secondary N) is 1. The highest BCUT2D eigenvalue weighted by molar-refractivity contribution is 7.92. The van der Waals surface area contributed by atoms with Crippen molar-refractivity contribution < 1.29 is 17.6 Å². The van der Waals surface area contributed by atoms with Gasteiger partial charge in [0.15, 0.2) is 0 Å². The van der Waals surface area contributed by atoms with Gasteiger partial charge in [-0.1, -0.05) is 36.4 Å². The highest BCUT2D eigenvalue weighted by Gasteiger charge is 2.23. The number of carbonyl (C=O) groups excluding carboxylic acids is 1. The molecule has 32 heavy (non-hydrogen) atoms. The third-order valence-corrected chi connectivity index (χ3v) is 6.87. The quantitative estimate of drug-likeness (QED) is 0.595. The van der Waals surface area contributed by atoms with Gasteiger partial charge < -0.3 is 5.32 Å². The molecule has 7 heteroatoms. The maximum absolute atomic E-state index is 13.2. The molecule has 0 spiro atoms. The van der Waals surface area contributed by atoms with Crippen LogP contribution in [0.25, 0.3) is 0 Å². The molecular weight excluding hydrogens is 427 g/mol. The Morgan fingerprint density at radius 2 is 1.72 bits per heavy atom. The van der Waals surface area contributed by atoms with Gasteiger partial charge in [0.05, 0.1) is 24.5 Å². The minimum absolute atomic E-state index is 0.0295. The van der Waals surface area contributed by atoms with E-state index < -0.39 is 10.0 Å². The zero-order valence-electron chi connectivity index (χ0n) is 17.8. The SMILES string of the molecule is CS(=O)(=O)N(Cc1ccc(F)cc1)c1ccc(C(=O)NC2CCCc3ccccc32)cc1. The number of nitrogens with zero attached hydrogens (tertiary/aromatic N) is 1. The molecule has 0 radical (unpaired) electrons. The first-order chi connectivity index (χ1) is 15.3. The van der Waals surface area contributed by atoms with Gasteiger partial charge >= 0.3 is 0 Å². The number of rotatable bonds is 6. The molecule has 166 valence electrons. The largest absolute Gasteiger partial charge is 0.345 e. The molecule has 0 heterocycles. The summed E-state index contributed by atoms with van der Waals surface area (Å²) >= 11 is 0. The molecule has 1 amide bonds. The summed E-state index contributed by atoms with van der Waals surface area (Å²) in [7, 11) is -3.58. The highest BCUT2D eigenvalue weighted by Crippen LogP contribution is 2.30. The number of halogens is 1. The molecule has 3 aromatic carbocycles. The third kappa shape index (κ3) is 4.99. The first-order valence-corrected chi connectivity index (χ1v) is 12.4. The molecule has 1 N–H and O–H groups in total. The van der Waals surface area contributed by atoms with Crippen LogP contribution in [0.5, 0.6) is 0 Å². The molecule has 1 aliphatic carbocycles. The molecule has 3 aromatic rings. The van der Waals surface area contributed by atoms with Crippen LogP contribution in [0.4, 0.5) is 10.1 Å². The Morgan fingerprint density at radius 1 is 1.03 bits per heavy atom. The third-order valence-electron chi connectivity index (χ3n) is 5.73. The minimum Gasteiger partial charge on any atom is -0.345 e. The summed E-state index contributed by atoms with van der Waals surface area (Å²) in [4.78, 5) is 12.8. The van der Waals surface area contributed by atoms with E-state index in [-0.39, 0.29) is 24.3 Å². The fraction of sp³-hybridized carbons (Fsp3) is 0.240. The van der Waals surface area contributed by atoms with Crippen LogP contribution in [0.15, 0.2) is 72.8 Å². The van der Waals surface area contributed by atoms with Gasteiger partial charge in [-0.05, 0) is 72.4 Å². The number of amides is 1. The van der Waals surface area contributed by atoms with E-state index in [9.17, 15) is 17.6 Å². The van der Waals surface area contributed by atoms with Gasteiger partial charge in [0.2, 0.25) is 10.0 Å². The summed E-state index contributed by atoms with van der Waals surface area (Å²) in [6.45, 7) is 0.0729. The average molecular weight is 453 g/mol. The second-order valence-electron chi connectivity index (χ2n) is 8.06. The second-order valence-corrected chi connectivity index (χ2v) is 9.97. The number of benzene rings is 3. The summed E-state index contributed by atoms with van der Waals surface area (Å²) in [6.07, 6.45) is 4.05. The zero-order valence-corrected chi connectivity index (χ0v) is 18.6. The van der Waals surface area contributed by atoms with Crippen molar-refractivity contribution in [3.05, 3.63) is 101 Å². The molecule has 0 saturated carbocycles. The molecule has 1 unspecified atom stereocenters. The van der Waals surface area contributed by atoms with E-state index in [0.717, 1.165) is 31.1 Å². The maximum Gasteiger partial charge on any atom is 0.251 e. The van der Waals surface area contributed by atoms with E-state index in [2.05, 4.69) is 17.4 Å². The van der Waals surface area contributed by atoms with Crippen LogP contribution < -0.4 is 9.62 Å². The lowest BCUT2D eigenvalue weighted by Gasteiger charge is -2.26. The molecule has 0 saturated heterocycles. The first-order valence-electron chi connectivity index (χ1n) is 10.5. The molecule has 1 atom stereocenters. The van der Waals surface area contributed by atoms with Crippen molar-refractivity contribution in [3.8, 4) is 0 Å². The summed E-state index contributed by atoms with van der Waals surface area (Å²) in [5, 5.41) is 3.11. The Labute approximate surface area is 187 Å². The van der Waals surface area contributed by atoms with Crippen LogP contribution in [0.1, 0.15) is 45.9 Å². The van der Waals surface area contributed by atoms with Crippen LogP contribution in [-0.4, -0.2) is 20.6 Å². The van der Waals surface area contributed by atoms with Gasteiger partial charge in [0.25, 0.3) is 5.91 Å². The van der Waals surface area contributed by atoms with Crippen molar-refractivity contribution in [3.63, 3.8) is 0 Å². The fourth-order valence-electron chi connectivity index (χ4n) is 4.08. The van der Waals surface area contributed by atoms with E-state index in [0.29, 0.717) is 16.8 Å². The van der Waals surface area contributed by atoms with Crippen molar-refractivity contribution >= 4 is 21.6 Å². The molecule has 0 aromatic heterocycles. The Balaban J connectivity index is 1.51. The molecule has 4 rings (SSSR count). The molecular formula is C25H25FN2O3S. The molecule has 5 nitrogen and oxygen atoms in total. The predicted octanol–water partition coefficient (Wildman–Crippen LogP) is 4.60. The number of hydrogen-bond donors (Lipinski definition) is 1. The van der Waals surface area contributed by atoms with Crippen molar-refractivity contribution in [1.82, 2.24) is 5.32 Å². The van der Waals surface area contributed by atoms with E-state index in [1.165, 1.54) is 22.0 Å². The van der Waals surface area contributed by atoms with Gasteiger partial charge in [0.1, 0.15) is 5.82 Å². The lowest BCUT2D eigenvalue weighted by atomic mass is 9.87. The summed E-state index contributed by atoms with van der Waals surface area (Å²) in [5.41, 5.74) is 3.99. The smallest absolute Gasteiger partial charge is 0.251 e. The van der Waals surface area contributed by atoms with E-state index in [1.807, 2.05) is 12.1 Å². The summed E-state index contributed by atoms with van der Waals surface area (Å²) in [5.74, 6) is -0.571. The molecule has 1 aliphatic rings. The maximum atomic E-state index is 13.2. The van der Waals surface area contributed by atoms with E-state index in [1.54, 1.807) is 36.4 Å². The zero-order chi connectivity index (χ0) is 22.7. The molecule has 0 fully saturated rings. The Kier molecular flexibility index (Phi) is 6.28. The lowest BCUT2D eigenvalue weighted by Crippen LogP contribution is -2.31. The van der Waals surface area contributed by atoms with Gasteiger partial charge in [0, 0.05) is 5.56 Å². The molecule has 0 aliphatic heterocycles. The molecule has 0 bridgehead atoms. The Hall–Kier alpha value is -3.19. The number of anilines is 1. The number of aryl methyl sites for hydroxylation is 1. The van der Waals surface area contributed by atoms with E-state index in [4.69, 9.17) is 0 Å². The van der Waals surface area contributed by atoms with E-state index >= 15 is 0 Å². The average Bonchev–Trinajstić information content (AvgIpc) is 2.78. The van der Waals surface area contributed by atoms with Crippen molar-refractivity contribution in [2.45, 2.75) is 31.8 Å². The highest BCUT2D eigenvalue weighted by atomic mass is 32.2. The van der Waals surface area contributed by atoms with Crippen molar-refractivity contribution in [2.24, 2.45) is 0 Å². The normalized spacial score (nSPS) is 15.6. The number of carbonyl (C=O) groups is 1. The summed E-state index contributed by atoms with van der Waals surface area (Å²) < 4.78 is 39.2. The first kappa shape index (κ1) is 22.0. The second kappa shape index (κ2) is 9.12. The fourth-order valence-corrected chi connectivity index (χ4v) is 4.97. The minimum atomic E-state index is -3.58. The van der Waals surface area contributed by atoms with Crippen LogP contribution in [0, 0.1) is 5.82 Å². The number of hydrogen-bond acceptors (Lipinski definition) is 3. The lowest BCUT2D eigenvalue weighted by molar-refractivity contribution is 0.0932. The topological polar surface area (TPSA) is 66.5 Å². The standard InChI is InChI=1S/C25H25FN2O3S/c1-32(30,31)28(17-18-9-13-21(26)14-10-18)22-15-11-20(12-16-22)25(29)27-24-8-4-6-19-5-2-3-7-23(19)24/h2-3,5,7,9-16,24H,4,6,8,17H2,1H3,(H,27,29). The van der Waals surface area contributed by atoms with Crippen molar-refractivity contribution in [1.29, 1.82) is 0 Å². The van der Waals surface area contributed by atoms with Crippen LogP contribution in [0.2, 0.25) is 0 Å². The number of fused-ring (bicyclic) bond motifs is 1. The Bertz CT molecular complexity index is 1210. The number of sulfonamides is 1. The Morgan fingerprint density at radius 3 is 2.41 bits per heavy atom. The summed E-state index contributed by atoms with van der Waals surface area (Å²) in [6, 6.07) is 20.3. The van der Waals surface area contributed by atoms with Gasteiger partial charge in [-0.2, -0.15) is 0 Å².